The minimum Gasteiger partial charge on any atom is -0.316 e. The molecule has 2 atom stereocenters. The third kappa shape index (κ3) is 4.76. The van der Waals surface area contributed by atoms with Crippen LogP contribution in [0.15, 0.2) is 11.7 Å². The summed E-state index contributed by atoms with van der Waals surface area (Å²) in [4.78, 5) is 5.52. The van der Waals surface area contributed by atoms with Crippen LogP contribution in [0.1, 0.15) is 32.1 Å². The van der Waals surface area contributed by atoms with Crippen molar-refractivity contribution in [1.82, 2.24) is 10.3 Å². The van der Waals surface area contributed by atoms with Crippen LogP contribution in [0, 0.1) is 11.8 Å². The number of rotatable bonds is 7. The van der Waals surface area contributed by atoms with Crippen LogP contribution in [-0.2, 0) is 6.42 Å². The summed E-state index contributed by atoms with van der Waals surface area (Å²) in [6.07, 6.45) is 4.38. The summed E-state index contributed by atoms with van der Waals surface area (Å²) in [6.45, 7) is 9.14. The number of thiazole rings is 1. The minimum atomic E-state index is 0.731. The first-order valence-electron chi connectivity index (χ1n) is 5.82. The van der Waals surface area contributed by atoms with Crippen molar-refractivity contribution in [3.8, 4) is 0 Å². The molecule has 0 aliphatic heterocycles. The zero-order valence-electron chi connectivity index (χ0n) is 9.99. The molecule has 0 spiro atoms. The minimum absolute atomic E-state index is 0.731. The quantitative estimate of drug-likeness (QED) is 0.723. The van der Waals surface area contributed by atoms with Gasteiger partial charge in [-0.15, -0.1) is 11.3 Å². The molecule has 86 valence electrons. The SMILES string of the molecule is CCCNCC(C)C(C)Cc1cncs1. The Labute approximate surface area is 97.1 Å². The van der Waals surface area contributed by atoms with Gasteiger partial charge in [0.2, 0.25) is 0 Å². The molecule has 0 saturated heterocycles. The summed E-state index contributed by atoms with van der Waals surface area (Å²) >= 11 is 1.77. The van der Waals surface area contributed by atoms with E-state index in [2.05, 4.69) is 31.1 Å². The number of nitrogens with one attached hydrogen (secondary N) is 1. The van der Waals surface area contributed by atoms with Crippen molar-refractivity contribution >= 4 is 11.3 Å². The Morgan fingerprint density at radius 3 is 2.80 bits per heavy atom. The number of hydrogen-bond acceptors (Lipinski definition) is 3. The third-order valence-corrected chi connectivity index (χ3v) is 3.67. The van der Waals surface area contributed by atoms with Gasteiger partial charge in [-0.3, -0.25) is 4.98 Å². The van der Waals surface area contributed by atoms with Gasteiger partial charge < -0.3 is 5.32 Å². The van der Waals surface area contributed by atoms with Crippen LogP contribution in [0.3, 0.4) is 0 Å². The van der Waals surface area contributed by atoms with E-state index in [9.17, 15) is 0 Å². The molecule has 1 aromatic rings. The van der Waals surface area contributed by atoms with Crippen LogP contribution in [0.4, 0.5) is 0 Å². The molecular weight excluding hydrogens is 204 g/mol. The van der Waals surface area contributed by atoms with Crippen molar-refractivity contribution in [3.05, 3.63) is 16.6 Å². The third-order valence-electron chi connectivity index (χ3n) is 2.87. The second-order valence-corrected chi connectivity index (χ2v) is 5.30. The molecule has 1 N–H and O–H groups in total. The maximum atomic E-state index is 4.11. The van der Waals surface area contributed by atoms with E-state index in [1.807, 2.05) is 11.7 Å². The summed E-state index contributed by atoms with van der Waals surface area (Å²) in [5, 5.41) is 3.48. The number of hydrogen-bond donors (Lipinski definition) is 1. The summed E-state index contributed by atoms with van der Waals surface area (Å²) in [6, 6.07) is 0. The number of aromatic nitrogens is 1. The molecular formula is C12H22N2S. The largest absolute Gasteiger partial charge is 0.316 e. The highest BCUT2D eigenvalue weighted by atomic mass is 32.1. The molecule has 15 heavy (non-hydrogen) atoms. The second kappa shape index (κ2) is 6.96. The summed E-state index contributed by atoms with van der Waals surface area (Å²) in [5.41, 5.74) is 1.92. The van der Waals surface area contributed by atoms with Crippen molar-refractivity contribution in [2.75, 3.05) is 13.1 Å². The molecule has 0 aliphatic carbocycles. The molecule has 0 aliphatic rings. The van der Waals surface area contributed by atoms with E-state index >= 15 is 0 Å². The lowest BCUT2D eigenvalue weighted by Crippen LogP contribution is -2.26. The molecule has 2 nitrogen and oxygen atoms in total. The smallest absolute Gasteiger partial charge is 0.0794 e. The highest BCUT2D eigenvalue weighted by molar-refractivity contribution is 7.09. The zero-order valence-corrected chi connectivity index (χ0v) is 10.8. The molecule has 0 saturated carbocycles. The highest BCUT2D eigenvalue weighted by Gasteiger charge is 2.12. The van der Waals surface area contributed by atoms with E-state index in [0.717, 1.165) is 24.9 Å². The van der Waals surface area contributed by atoms with E-state index in [1.165, 1.54) is 17.7 Å². The second-order valence-electron chi connectivity index (χ2n) is 4.33. The topological polar surface area (TPSA) is 24.9 Å². The average Bonchev–Trinajstić information content (AvgIpc) is 2.70. The average molecular weight is 226 g/mol. The summed E-state index contributed by atoms with van der Waals surface area (Å²) < 4.78 is 0. The fourth-order valence-electron chi connectivity index (χ4n) is 1.57. The molecule has 0 radical (unpaired) electrons. The lowest BCUT2D eigenvalue weighted by atomic mass is 9.92. The van der Waals surface area contributed by atoms with Gasteiger partial charge in [0.05, 0.1) is 5.51 Å². The van der Waals surface area contributed by atoms with Gasteiger partial charge in [-0.1, -0.05) is 20.8 Å². The molecule has 3 heteroatoms. The lowest BCUT2D eigenvalue weighted by molar-refractivity contribution is 0.367. The van der Waals surface area contributed by atoms with Crippen molar-refractivity contribution in [3.63, 3.8) is 0 Å². The van der Waals surface area contributed by atoms with E-state index < -0.39 is 0 Å². The van der Waals surface area contributed by atoms with Crippen LogP contribution in [0.25, 0.3) is 0 Å². The Morgan fingerprint density at radius 1 is 1.40 bits per heavy atom. The summed E-state index contributed by atoms with van der Waals surface area (Å²) in [7, 11) is 0. The molecule has 1 heterocycles. The van der Waals surface area contributed by atoms with Crippen LogP contribution in [-0.4, -0.2) is 18.1 Å². The van der Waals surface area contributed by atoms with Gasteiger partial charge in [0.25, 0.3) is 0 Å². The molecule has 0 aromatic carbocycles. The highest BCUT2D eigenvalue weighted by Crippen LogP contribution is 2.18. The Kier molecular flexibility index (Phi) is 5.88. The molecule has 0 amide bonds. The first-order chi connectivity index (χ1) is 7.24. The molecule has 1 aromatic heterocycles. The predicted molar refractivity (Wildman–Crippen MR) is 67.3 cm³/mol. The Hall–Kier alpha value is -0.410. The zero-order chi connectivity index (χ0) is 11.1. The van der Waals surface area contributed by atoms with Crippen LogP contribution >= 0.6 is 11.3 Å². The molecule has 1 rings (SSSR count). The Morgan fingerprint density at radius 2 is 2.20 bits per heavy atom. The van der Waals surface area contributed by atoms with Crippen molar-refractivity contribution in [2.24, 2.45) is 11.8 Å². The fourth-order valence-corrected chi connectivity index (χ4v) is 2.31. The van der Waals surface area contributed by atoms with Crippen LogP contribution < -0.4 is 5.32 Å². The Balaban J connectivity index is 2.23. The Bertz CT molecular complexity index is 246. The molecule has 0 bridgehead atoms. The van der Waals surface area contributed by atoms with Gasteiger partial charge in [-0.2, -0.15) is 0 Å². The van der Waals surface area contributed by atoms with Crippen molar-refractivity contribution in [1.29, 1.82) is 0 Å². The van der Waals surface area contributed by atoms with Crippen LogP contribution in [0.5, 0.6) is 0 Å². The van der Waals surface area contributed by atoms with Gasteiger partial charge >= 0.3 is 0 Å². The van der Waals surface area contributed by atoms with E-state index in [-0.39, 0.29) is 0 Å². The van der Waals surface area contributed by atoms with Gasteiger partial charge in [0.15, 0.2) is 0 Å². The molecule has 0 fully saturated rings. The first kappa shape index (κ1) is 12.7. The monoisotopic (exact) mass is 226 g/mol. The van der Waals surface area contributed by atoms with Crippen molar-refractivity contribution < 1.29 is 0 Å². The lowest BCUT2D eigenvalue weighted by Gasteiger charge is -2.19. The normalized spacial score (nSPS) is 15.1. The van der Waals surface area contributed by atoms with E-state index in [4.69, 9.17) is 0 Å². The van der Waals surface area contributed by atoms with Crippen molar-refractivity contribution in [2.45, 2.75) is 33.6 Å². The maximum absolute atomic E-state index is 4.11. The van der Waals surface area contributed by atoms with E-state index in [1.54, 1.807) is 11.3 Å². The van der Waals surface area contributed by atoms with Gasteiger partial charge in [-0.05, 0) is 37.8 Å². The molecule has 2 unspecified atom stereocenters. The first-order valence-corrected chi connectivity index (χ1v) is 6.70. The maximum Gasteiger partial charge on any atom is 0.0794 e. The predicted octanol–water partition coefficient (Wildman–Crippen LogP) is 2.96. The fraction of sp³-hybridized carbons (Fsp3) is 0.750. The van der Waals surface area contributed by atoms with Gasteiger partial charge in [0.1, 0.15) is 0 Å². The van der Waals surface area contributed by atoms with E-state index in [0.29, 0.717) is 0 Å². The standard InChI is InChI=1S/C12H22N2S/c1-4-5-13-7-11(3)10(2)6-12-8-14-9-15-12/h8-11,13H,4-7H2,1-3H3. The number of nitrogens with zero attached hydrogens (tertiary/aromatic N) is 1. The summed E-state index contributed by atoms with van der Waals surface area (Å²) in [5.74, 6) is 1.47. The van der Waals surface area contributed by atoms with Gasteiger partial charge in [0, 0.05) is 11.1 Å². The van der Waals surface area contributed by atoms with Crippen LogP contribution in [0.2, 0.25) is 0 Å². The van der Waals surface area contributed by atoms with Gasteiger partial charge in [-0.25, -0.2) is 0 Å².